The second-order valence-electron chi connectivity index (χ2n) is 5.22. The second-order valence-corrected chi connectivity index (χ2v) is 5.22. The molecule has 0 aliphatic carbocycles. The number of rotatable bonds is 6. The summed E-state index contributed by atoms with van der Waals surface area (Å²) in [7, 11) is 0. The van der Waals surface area contributed by atoms with Gasteiger partial charge in [0, 0.05) is 24.6 Å². The number of hydrogen-bond acceptors (Lipinski definition) is 3. The lowest BCUT2D eigenvalue weighted by atomic mass is 9.94. The van der Waals surface area contributed by atoms with Gasteiger partial charge in [0.25, 0.3) is 5.91 Å². The molecule has 1 aromatic rings. The summed E-state index contributed by atoms with van der Waals surface area (Å²) in [5, 5.41) is 14.2. The van der Waals surface area contributed by atoms with E-state index in [1.165, 1.54) is 19.1 Å². The smallest absolute Gasteiger partial charge is 0.251 e. The summed E-state index contributed by atoms with van der Waals surface area (Å²) < 4.78 is 13.5. The highest BCUT2D eigenvalue weighted by atomic mass is 19.1. The zero-order valence-corrected chi connectivity index (χ0v) is 12.5. The van der Waals surface area contributed by atoms with E-state index in [1.807, 2.05) is 13.8 Å². The molecule has 2 amide bonds. The number of amides is 2. The van der Waals surface area contributed by atoms with Gasteiger partial charge in [0.05, 0.1) is 5.69 Å². The Labute approximate surface area is 123 Å². The molecule has 0 aliphatic heterocycles. The Morgan fingerprint density at radius 2 is 2.05 bits per heavy atom. The fourth-order valence-corrected chi connectivity index (χ4v) is 1.87. The molecule has 5 nitrogen and oxygen atoms in total. The van der Waals surface area contributed by atoms with Gasteiger partial charge in [-0.2, -0.15) is 0 Å². The highest BCUT2D eigenvalue weighted by Crippen LogP contribution is 2.19. The first kappa shape index (κ1) is 17.1. The normalized spacial score (nSPS) is 13.4. The molecule has 21 heavy (non-hydrogen) atoms. The van der Waals surface area contributed by atoms with Gasteiger partial charge >= 0.3 is 0 Å². The summed E-state index contributed by atoms with van der Waals surface area (Å²) in [6, 6.07) is 3.78. The predicted octanol–water partition coefficient (Wildman–Crippen LogP) is 2.06. The van der Waals surface area contributed by atoms with Crippen molar-refractivity contribution in [1.29, 1.82) is 0 Å². The molecule has 0 aromatic heterocycles. The van der Waals surface area contributed by atoms with Gasteiger partial charge in [0.2, 0.25) is 5.91 Å². The van der Waals surface area contributed by atoms with Crippen LogP contribution in [-0.2, 0) is 4.79 Å². The molecule has 0 spiro atoms. The minimum Gasteiger partial charge on any atom is -0.396 e. The van der Waals surface area contributed by atoms with Crippen LogP contribution in [0.4, 0.5) is 10.1 Å². The minimum absolute atomic E-state index is 0.0319. The summed E-state index contributed by atoms with van der Waals surface area (Å²) in [6.45, 7) is 4.97. The standard InChI is InChI=1S/C15H21FN2O3/c1-4-15(3,7-8-19)18-14(21)11-5-6-12(16)13(9-11)17-10(2)20/h5-6,9,19H,4,7-8H2,1-3H3,(H,17,20)(H,18,21). The SMILES string of the molecule is CCC(C)(CCO)NC(=O)c1ccc(F)c(NC(C)=O)c1. The van der Waals surface area contributed by atoms with Crippen LogP contribution in [-0.4, -0.2) is 29.1 Å². The molecule has 3 N–H and O–H groups in total. The van der Waals surface area contributed by atoms with Gasteiger partial charge < -0.3 is 15.7 Å². The molecular formula is C15H21FN2O3. The highest BCUT2D eigenvalue weighted by Gasteiger charge is 2.24. The minimum atomic E-state index is -0.602. The molecule has 1 rings (SSSR count). The quantitative estimate of drug-likeness (QED) is 0.752. The van der Waals surface area contributed by atoms with Crippen molar-refractivity contribution in [1.82, 2.24) is 5.32 Å². The molecule has 1 unspecified atom stereocenters. The van der Waals surface area contributed by atoms with Crippen LogP contribution < -0.4 is 10.6 Å². The number of carbonyl (C=O) groups excluding carboxylic acids is 2. The molecule has 0 heterocycles. The summed E-state index contributed by atoms with van der Waals surface area (Å²) in [5.74, 6) is -1.39. The van der Waals surface area contributed by atoms with Crippen molar-refractivity contribution in [3.63, 3.8) is 0 Å². The Hall–Kier alpha value is -1.95. The van der Waals surface area contributed by atoms with Crippen LogP contribution in [0.2, 0.25) is 0 Å². The number of nitrogens with one attached hydrogen (secondary N) is 2. The molecule has 0 aliphatic rings. The molecule has 1 atom stereocenters. The van der Waals surface area contributed by atoms with Crippen molar-refractivity contribution < 1.29 is 19.1 Å². The Balaban J connectivity index is 2.94. The topological polar surface area (TPSA) is 78.4 Å². The largest absolute Gasteiger partial charge is 0.396 e. The maximum absolute atomic E-state index is 13.5. The van der Waals surface area contributed by atoms with Crippen molar-refractivity contribution in [2.75, 3.05) is 11.9 Å². The molecule has 0 saturated heterocycles. The summed E-state index contributed by atoms with van der Waals surface area (Å²) in [6.07, 6.45) is 1.08. The predicted molar refractivity (Wildman–Crippen MR) is 78.6 cm³/mol. The number of halogens is 1. The number of benzene rings is 1. The lowest BCUT2D eigenvalue weighted by molar-refractivity contribution is -0.114. The van der Waals surface area contributed by atoms with E-state index in [2.05, 4.69) is 10.6 Å². The van der Waals surface area contributed by atoms with E-state index >= 15 is 0 Å². The van der Waals surface area contributed by atoms with E-state index in [9.17, 15) is 14.0 Å². The van der Waals surface area contributed by atoms with Gasteiger partial charge in [-0.25, -0.2) is 4.39 Å². The first-order chi connectivity index (χ1) is 9.81. The maximum Gasteiger partial charge on any atom is 0.251 e. The lowest BCUT2D eigenvalue weighted by Gasteiger charge is -2.29. The van der Waals surface area contributed by atoms with E-state index in [4.69, 9.17) is 5.11 Å². The van der Waals surface area contributed by atoms with Crippen LogP contribution in [0.25, 0.3) is 0 Å². The third kappa shape index (κ3) is 4.82. The van der Waals surface area contributed by atoms with E-state index in [0.29, 0.717) is 12.8 Å². The summed E-state index contributed by atoms with van der Waals surface area (Å²) in [4.78, 5) is 23.2. The average molecular weight is 296 g/mol. The molecule has 0 saturated carbocycles. The zero-order valence-electron chi connectivity index (χ0n) is 12.5. The summed E-state index contributed by atoms with van der Waals surface area (Å²) in [5.41, 5.74) is -0.317. The van der Waals surface area contributed by atoms with Crippen LogP contribution in [0, 0.1) is 5.82 Å². The van der Waals surface area contributed by atoms with Crippen LogP contribution in [0.15, 0.2) is 18.2 Å². The van der Waals surface area contributed by atoms with E-state index < -0.39 is 17.3 Å². The van der Waals surface area contributed by atoms with Gasteiger partial charge in [0.15, 0.2) is 0 Å². The van der Waals surface area contributed by atoms with Gasteiger partial charge in [-0.15, -0.1) is 0 Å². The van der Waals surface area contributed by atoms with Gasteiger partial charge in [0.1, 0.15) is 5.82 Å². The van der Waals surface area contributed by atoms with Crippen molar-refractivity contribution in [2.24, 2.45) is 0 Å². The number of hydrogen-bond donors (Lipinski definition) is 3. The van der Waals surface area contributed by atoms with Crippen LogP contribution in [0.3, 0.4) is 0 Å². The summed E-state index contributed by atoms with van der Waals surface area (Å²) >= 11 is 0. The number of aliphatic hydroxyl groups is 1. The first-order valence-corrected chi connectivity index (χ1v) is 6.82. The average Bonchev–Trinajstić information content (AvgIpc) is 2.41. The molecule has 116 valence electrons. The third-order valence-corrected chi connectivity index (χ3v) is 3.40. The highest BCUT2D eigenvalue weighted by molar-refractivity contribution is 5.97. The van der Waals surface area contributed by atoms with Crippen LogP contribution in [0.5, 0.6) is 0 Å². The molecule has 0 bridgehead atoms. The number of aliphatic hydroxyl groups excluding tert-OH is 1. The maximum atomic E-state index is 13.5. The van der Waals surface area contributed by atoms with Gasteiger partial charge in [-0.05, 0) is 38.0 Å². The fourth-order valence-electron chi connectivity index (χ4n) is 1.87. The van der Waals surface area contributed by atoms with Gasteiger partial charge in [-0.1, -0.05) is 6.92 Å². The zero-order chi connectivity index (χ0) is 16.0. The van der Waals surface area contributed by atoms with Crippen LogP contribution in [0.1, 0.15) is 44.0 Å². The van der Waals surface area contributed by atoms with E-state index in [-0.39, 0.29) is 23.8 Å². The first-order valence-electron chi connectivity index (χ1n) is 6.82. The Morgan fingerprint density at radius 3 is 2.57 bits per heavy atom. The number of anilines is 1. The molecule has 0 radical (unpaired) electrons. The Bertz CT molecular complexity index is 534. The second kappa shape index (κ2) is 7.17. The van der Waals surface area contributed by atoms with Crippen molar-refractivity contribution in [2.45, 2.75) is 39.2 Å². The van der Waals surface area contributed by atoms with Crippen LogP contribution >= 0.6 is 0 Å². The lowest BCUT2D eigenvalue weighted by Crippen LogP contribution is -2.46. The molecule has 1 aromatic carbocycles. The fraction of sp³-hybridized carbons (Fsp3) is 0.467. The van der Waals surface area contributed by atoms with Crippen molar-refractivity contribution >= 4 is 17.5 Å². The van der Waals surface area contributed by atoms with Crippen molar-refractivity contribution in [3.8, 4) is 0 Å². The Morgan fingerprint density at radius 1 is 1.38 bits per heavy atom. The third-order valence-electron chi connectivity index (χ3n) is 3.40. The van der Waals surface area contributed by atoms with Crippen molar-refractivity contribution in [3.05, 3.63) is 29.6 Å². The van der Waals surface area contributed by atoms with E-state index in [0.717, 1.165) is 6.07 Å². The number of carbonyl (C=O) groups is 2. The monoisotopic (exact) mass is 296 g/mol. The molecule has 6 heteroatoms. The van der Waals surface area contributed by atoms with E-state index in [1.54, 1.807) is 0 Å². The molecule has 0 fully saturated rings. The Kier molecular flexibility index (Phi) is 5.84. The van der Waals surface area contributed by atoms with Gasteiger partial charge in [-0.3, -0.25) is 9.59 Å². The molecular weight excluding hydrogens is 275 g/mol.